The van der Waals surface area contributed by atoms with Gasteiger partial charge in [0.25, 0.3) is 0 Å². The number of rotatable bonds is 9. The Kier molecular flexibility index (Phi) is 6.09. The zero-order valence-electron chi connectivity index (χ0n) is 13.5. The van der Waals surface area contributed by atoms with E-state index in [9.17, 15) is 0 Å². The van der Waals surface area contributed by atoms with Crippen molar-refractivity contribution in [2.45, 2.75) is 65.3 Å². The third-order valence-electron chi connectivity index (χ3n) is 4.70. The molecule has 1 aromatic carbocycles. The molecular formula is C19H31N. The zero-order chi connectivity index (χ0) is 14.4. The molecule has 1 unspecified atom stereocenters. The molecule has 1 N–H and O–H groups in total. The van der Waals surface area contributed by atoms with Crippen molar-refractivity contribution in [2.24, 2.45) is 11.8 Å². The van der Waals surface area contributed by atoms with Crippen molar-refractivity contribution in [3.63, 3.8) is 0 Å². The second kappa shape index (κ2) is 7.83. The SMILES string of the molecule is CCC(CC)CC(CNC1CC1)Cc1cccc(C)c1. The molecule has 1 aliphatic rings. The van der Waals surface area contributed by atoms with Gasteiger partial charge >= 0.3 is 0 Å². The van der Waals surface area contributed by atoms with Gasteiger partial charge in [-0.25, -0.2) is 0 Å². The van der Waals surface area contributed by atoms with E-state index in [2.05, 4.69) is 50.4 Å². The molecule has 0 aliphatic heterocycles. The molecule has 0 saturated heterocycles. The molecule has 0 aromatic heterocycles. The second-order valence-corrected chi connectivity index (χ2v) is 6.66. The van der Waals surface area contributed by atoms with E-state index in [1.807, 2.05) is 0 Å². The minimum Gasteiger partial charge on any atom is -0.314 e. The first-order valence-electron chi connectivity index (χ1n) is 8.50. The van der Waals surface area contributed by atoms with Gasteiger partial charge < -0.3 is 5.32 Å². The van der Waals surface area contributed by atoms with Crippen LogP contribution in [0.2, 0.25) is 0 Å². The molecule has 0 heterocycles. The van der Waals surface area contributed by atoms with Gasteiger partial charge in [-0.3, -0.25) is 0 Å². The average molecular weight is 273 g/mol. The Morgan fingerprint density at radius 3 is 2.50 bits per heavy atom. The molecular weight excluding hydrogens is 242 g/mol. The molecule has 1 saturated carbocycles. The van der Waals surface area contributed by atoms with Crippen molar-refractivity contribution in [3.8, 4) is 0 Å². The van der Waals surface area contributed by atoms with Crippen LogP contribution >= 0.6 is 0 Å². The number of aryl methyl sites for hydroxylation is 1. The van der Waals surface area contributed by atoms with E-state index in [4.69, 9.17) is 0 Å². The van der Waals surface area contributed by atoms with Gasteiger partial charge in [-0.15, -0.1) is 0 Å². The Bertz CT molecular complexity index is 391. The van der Waals surface area contributed by atoms with Gasteiger partial charge in [-0.2, -0.15) is 0 Å². The van der Waals surface area contributed by atoms with Crippen LogP contribution in [0.4, 0.5) is 0 Å². The summed E-state index contributed by atoms with van der Waals surface area (Å²) in [5.74, 6) is 1.69. The van der Waals surface area contributed by atoms with Gasteiger partial charge in [0.1, 0.15) is 0 Å². The molecule has 112 valence electrons. The summed E-state index contributed by atoms with van der Waals surface area (Å²) in [6.07, 6.45) is 8.04. The van der Waals surface area contributed by atoms with Crippen molar-refractivity contribution in [1.82, 2.24) is 5.32 Å². The summed E-state index contributed by atoms with van der Waals surface area (Å²) in [6.45, 7) is 8.08. The largest absolute Gasteiger partial charge is 0.314 e. The lowest BCUT2D eigenvalue weighted by Gasteiger charge is -2.23. The molecule has 2 rings (SSSR count). The van der Waals surface area contributed by atoms with E-state index in [0.29, 0.717) is 0 Å². The van der Waals surface area contributed by atoms with Crippen LogP contribution < -0.4 is 5.32 Å². The summed E-state index contributed by atoms with van der Waals surface area (Å²) in [4.78, 5) is 0. The highest BCUT2D eigenvalue weighted by atomic mass is 14.9. The van der Waals surface area contributed by atoms with E-state index in [1.54, 1.807) is 0 Å². The van der Waals surface area contributed by atoms with Gasteiger partial charge in [-0.05, 0) is 56.6 Å². The third kappa shape index (κ3) is 5.28. The monoisotopic (exact) mass is 273 g/mol. The summed E-state index contributed by atoms with van der Waals surface area (Å²) in [5.41, 5.74) is 2.90. The summed E-state index contributed by atoms with van der Waals surface area (Å²) in [7, 11) is 0. The Morgan fingerprint density at radius 1 is 1.15 bits per heavy atom. The molecule has 1 aromatic rings. The van der Waals surface area contributed by atoms with Crippen molar-refractivity contribution >= 4 is 0 Å². The lowest BCUT2D eigenvalue weighted by molar-refractivity contribution is 0.337. The van der Waals surface area contributed by atoms with E-state index in [0.717, 1.165) is 17.9 Å². The fraction of sp³-hybridized carbons (Fsp3) is 0.684. The maximum absolute atomic E-state index is 3.75. The summed E-state index contributed by atoms with van der Waals surface area (Å²) in [5, 5.41) is 3.75. The fourth-order valence-corrected chi connectivity index (χ4v) is 3.13. The molecule has 1 aliphatic carbocycles. The van der Waals surface area contributed by atoms with Crippen LogP contribution in [-0.2, 0) is 6.42 Å². The maximum atomic E-state index is 3.75. The number of nitrogens with one attached hydrogen (secondary N) is 1. The first-order chi connectivity index (χ1) is 9.71. The molecule has 0 spiro atoms. The van der Waals surface area contributed by atoms with Crippen molar-refractivity contribution in [3.05, 3.63) is 35.4 Å². The van der Waals surface area contributed by atoms with Crippen LogP contribution in [0.1, 0.15) is 57.1 Å². The van der Waals surface area contributed by atoms with Gasteiger partial charge in [-0.1, -0.05) is 56.5 Å². The van der Waals surface area contributed by atoms with E-state index < -0.39 is 0 Å². The summed E-state index contributed by atoms with van der Waals surface area (Å²) >= 11 is 0. The van der Waals surface area contributed by atoms with Gasteiger partial charge in [0, 0.05) is 6.04 Å². The number of hydrogen-bond donors (Lipinski definition) is 1. The molecule has 0 amide bonds. The summed E-state index contributed by atoms with van der Waals surface area (Å²) < 4.78 is 0. The molecule has 1 heteroatoms. The van der Waals surface area contributed by atoms with Crippen LogP contribution in [0.3, 0.4) is 0 Å². The second-order valence-electron chi connectivity index (χ2n) is 6.66. The Balaban J connectivity index is 1.92. The summed E-state index contributed by atoms with van der Waals surface area (Å²) in [6, 6.07) is 9.88. The molecule has 1 nitrogen and oxygen atoms in total. The van der Waals surface area contributed by atoms with Crippen LogP contribution in [0.25, 0.3) is 0 Å². The highest BCUT2D eigenvalue weighted by Gasteiger charge is 2.23. The van der Waals surface area contributed by atoms with E-state index >= 15 is 0 Å². The van der Waals surface area contributed by atoms with Crippen LogP contribution in [0.15, 0.2) is 24.3 Å². The third-order valence-corrected chi connectivity index (χ3v) is 4.70. The van der Waals surface area contributed by atoms with Gasteiger partial charge in [0.2, 0.25) is 0 Å². The van der Waals surface area contributed by atoms with Crippen molar-refractivity contribution < 1.29 is 0 Å². The quantitative estimate of drug-likeness (QED) is 0.685. The highest BCUT2D eigenvalue weighted by molar-refractivity contribution is 5.22. The number of hydrogen-bond acceptors (Lipinski definition) is 1. The van der Waals surface area contributed by atoms with Gasteiger partial charge in [0.05, 0.1) is 0 Å². The predicted molar refractivity (Wildman–Crippen MR) is 88.1 cm³/mol. The first-order valence-corrected chi connectivity index (χ1v) is 8.50. The van der Waals surface area contributed by atoms with Crippen LogP contribution in [-0.4, -0.2) is 12.6 Å². The predicted octanol–water partition coefficient (Wildman–Crippen LogP) is 4.73. The normalized spacial score (nSPS) is 16.6. The van der Waals surface area contributed by atoms with Gasteiger partial charge in [0.15, 0.2) is 0 Å². The highest BCUT2D eigenvalue weighted by Crippen LogP contribution is 2.24. The van der Waals surface area contributed by atoms with Crippen molar-refractivity contribution in [1.29, 1.82) is 0 Å². The standard InChI is InChI=1S/C19H31N/c1-4-16(5-2)12-18(14-20-19-9-10-19)13-17-8-6-7-15(3)11-17/h6-8,11,16,18-20H,4-5,9-10,12-14H2,1-3H3. The minimum absolute atomic E-state index is 0.794. The van der Waals surface area contributed by atoms with Crippen LogP contribution in [0, 0.1) is 18.8 Å². The van der Waals surface area contributed by atoms with Crippen LogP contribution in [0.5, 0.6) is 0 Å². The molecule has 1 fully saturated rings. The Hall–Kier alpha value is -0.820. The lowest BCUT2D eigenvalue weighted by Crippen LogP contribution is -2.27. The smallest absolute Gasteiger partial charge is 0.00683 e. The van der Waals surface area contributed by atoms with E-state index in [-0.39, 0.29) is 0 Å². The molecule has 0 bridgehead atoms. The number of benzene rings is 1. The minimum atomic E-state index is 0.794. The maximum Gasteiger partial charge on any atom is 0.00683 e. The van der Waals surface area contributed by atoms with Crippen molar-refractivity contribution in [2.75, 3.05) is 6.54 Å². The average Bonchev–Trinajstić information content (AvgIpc) is 3.26. The Labute approximate surface area is 125 Å². The zero-order valence-corrected chi connectivity index (χ0v) is 13.5. The molecule has 1 atom stereocenters. The van der Waals surface area contributed by atoms with E-state index in [1.165, 1.54) is 56.2 Å². The first kappa shape index (κ1) is 15.6. The molecule has 0 radical (unpaired) electrons. The lowest BCUT2D eigenvalue weighted by atomic mass is 9.86. The molecule has 20 heavy (non-hydrogen) atoms. The fourth-order valence-electron chi connectivity index (χ4n) is 3.13. The Morgan fingerprint density at radius 2 is 1.90 bits per heavy atom. The topological polar surface area (TPSA) is 12.0 Å².